The Morgan fingerprint density at radius 3 is 2.26 bits per heavy atom. The van der Waals surface area contributed by atoms with Gasteiger partial charge >= 0.3 is 5.97 Å². The molecule has 3 heteroatoms. The zero-order valence-electron chi connectivity index (χ0n) is 16.8. The van der Waals surface area contributed by atoms with Gasteiger partial charge in [0.1, 0.15) is 6.61 Å². The van der Waals surface area contributed by atoms with Crippen LogP contribution in [0.3, 0.4) is 0 Å². The maximum absolute atomic E-state index is 11.7. The minimum atomic E-state index is -0.131. The van der Waals surface area contributed by atoms with Gasteiger partial charge in [-0.25, -0.2) is 0 Å². The highest BCUT2D eigenvalue weighted by molar-refractivity contribution is 5.69. The lowest BCUT2D eigenvalue weighted by atomic mass is 10.1. The van der Waals surface area contributed by atoms with Gasteiger partial charge in [0.15, 0.2) is 0 Å². The van der Waals surface area contributed by atoms with Crippen molar-refractivity contribution in [3.63, 3.8) is 0 Å². The molecule has 1 aromatic rings. The molecule has 0 saturated heterocycles. The van der Waals surface area contributed by atoms with Crippen LogP contribution in [0.25, 0.3) is 0 Å². The highest BCUT2D eigenvalue weighted by Crippen LogP contribution is 2.05. The summed E-state index contributed by atoms with van der Waals surface area (Å²) in [5.41, 5.74) is 0.925. The Labute approximate surface area is 165 Å². The summed E-state index contributed by atoms with van der Waals surface area (Å²) in [6.45, 7) is 2.55. The van der Waals surface area contributed by atoms with Crippen molar-refractivity contribution in [2.75, 3.05) is 0 Å². The predicted molar refractivity (Wildman–Crippen MR) is 113 cm³/mol. The minimum absolute atomic E-state index is 0.131. The maximum atomic E-state index is 11.7. The van der Waals surface area contributed by atoms with Gasteiger partial charge in [0.25, 0.3) is 0 Å². The van der Waals surface area contributed by atoms with E-state index >= 15 is 0 Å². The van der Waals surface area contributed by atoms with Gasteiger partial charge in [0.05, 0.1) is 0 Å². The third-order valence-corrected chi connectivity index (χ3v) is 4.14. The number of rotatable bonds is 15. The van der Waals surface area contributed by atoms with Gasteiger partial charge in [-0.3, -0.25) is 9.78 Å². The van der Waals surface area contributed by atoms with E-state index in [0.29, 0.717) is 13.0 Å². The van der Waals surface area contributed by atoms with Crippen LogP contribution in [-0.4, -0.2) is 11.0 Å². The van der Waals surface area contributed by atoms with Crippen molar-refractivity contribution < 1.29 is 9.53 Å². The second-order valence-electron chi connectivity index (χ2n) is 6.65. The Hall–Kier alpha value is -2.16. The highest BCUT2D eigenvalue weighted by Gasteiger charge is 2.02. The summed E-state index contributed by atoms with van der Waals surface area (Å²) in [5, 5.41) is 0. The first kappa shape index (κ1) is 22.9. The number of ether oxygens (including phenoxy) is 1. The average molecular weight is 370 g/mol. The normalized spacial score (nSPS) is 11.7. The van der Waals surface area contributed by atoms with Gasteiger partial charge in [0.2, 0.25) is 0 Å². The predicted octanol–water partition coefficient (Wildman–Crippen LogP) is 6.71. The number of hydrogen-bond acceptors (Lipinski definition) is 3. The molecule has 0 atom stereocenters. The smallest absolute Gasteiger partial charge is 0.306 e. The van der Waals surface area contributed by atoms with E-state index < -0.39 is 0 Å². The van der Waals surface area contributed by atoms with Crippen LogP contribution in [-0.2, 0) is 16.1 Å². The van der Waals surface area contributed by atoms with Gasteiger partial charge < -0.3 is 4.74 Å². The number of hydrogen-bond donors (Lipinski definition) is 0. The van der Waals surface area contributed by atoms with Gasteiger partial charge in [-0.15, -0.1) is 0 Å². The van der Waals surface area contributed by atoms with Crippen molar-refractivity contribution >= 4 is 5.97 Å². The van der Waals surface area contributed by atoms with Gasteiger partial charge in [0, 0.05) is 24.4 Å². The van der Waals surface area contributed by atoms with Gasteiger partial charge in [-0.2, -0.15) is 0 Å². The monoisotopic (exact) mass is 369 g/mol. The Bertz CT molecular complexity index is 561. The summed E-state index contributed by atoms with van der Waals surface area (Å²) in [7, 11) is 0. The van der Waals surface area contributed by atoms with Crippen molar-refractivity contribution in [1.29, 1.82) is 0 Å². The van der Waals surface area contributed by atoms with Crippen molar-refractivity contribution in [1.82, 2.24) is 4.98 Å². The SMILES string of the molecule is CCCCC/C=C\C/C=C\C/C=C\CCCCC(=O)OCc1cccnc1. The van der Waals surface area contributed by atoms with Crippen LogP contribution in [0.2, 0.25) is 0 Å². The fraction of sp³-hybridized carbons (Fsp3) is 0.500. The van der Waals surface area contributed by atoms with Crippen LogP contribution in [0.5, 0.6) is 0 Å². The van der Waals surface area contributed by atoms with Crippen LogP contribution >= 0.6 is 0 Å². The van der Waals surface area contributed by atoms with E-state index in [1.54, 1.807) is 12.4 Å². The van der Waals surface area contributed by atoms with E-state index in [9.17, 15) is 4.79 Å². The fourth-order valence-electron chi connectivity index (χ4n) is 2.54. The first-order valence-electron chi connectivity index (χ1n) is 10.3. The number of esters is 1. The fourth-order valence-corrected chi connectivity index (χ4v) is 2.54. The molecule has 148 valence electrons. The number of aromatic nitrogens is 1. The summed E-state index contributed by atoms with van der Waals surface area (Å²) >= 11 is 0. The minimum Gasteiger partial charge on any atom is -0.461 e. The number of allylic oxidation sites excluding steroid dienone is 6. The lowest BCUT2D eigenvalue weighted by molar-refractivity contribution is -0.145. The van der Waals surface area contributed by atoms with Gasteiger partial charge in [-0.05, 0) is 51.0 Å². The first-order valence-corrected chi connectivity index (χ1v) is 10.3. The number of carbonyl (C=O) groups is 1. The summed E-state index contributed by atoms with van der Waals surface area (Å²) < 4.78 is 5.24. The molecule has 1 heterocycles. The van der Waals surface area contributed by atoms with E-state index in [2.05, 4.69) is 48.4 Å². The molecule has 0 aromatic carbocycles. The third-order valence-electron chi connectivity index (χ3n) is 4.14. The molecular weight excluding hydrogens is 334 g/mol. The van der Waals surface area contributed by atoms with Crippen molar-refractivity contribution in [2.24, 2.45) is 0 Å². The molecule has 0 saturated carbocycles. The number of unbranched alkanes of at least 4 members (excludes halogenated alkanes) is 5. The number of pyridine rings is 1. The molecule has 0 radical (unpaired) electrons. The molecule has 0 N–H and O–H groups in total. The molecule has 1 rings (SSSR count). The highest BCUT2D eigenvalue weighted by atomic mass is 16.5. The molecular formula is C24H35NO2. The molecule has 0 amide bonds. The van der Waals surface area contributed by atoms with E-state index in [-0.39, 0.29) is 5.97 Å². The van der Waals surface area contributed by atoms with E-state index in [4.69, 9.17) is 4.74 Å². The van der Waals surface area contributed by atoms with Gasteiger partial charge in [-0.1, -0.05) is 62.3 Å². The van der Waals surface area contributed by atoms with Crippen LogP contribution in [0.4, 0.5) is 0 Å². The molecule has 27 heavy (non-hydrogen) atoms. The number of nitrogens with zero attached hydrogens (tertiary/aromatic N) is 1. The van der Waals surface area contributed by atoms with Crippen LogP contribution < -0.4 is 0 Å². The van der Waals surface area contributed by atoms with E-state index in [1.165, 1.54) is 25.7 Å². The summed E-state index contributed by atoms with van der Waals surface area (Å²) in [4.78, 5) is 15.7. The topological polar surface area (TPSA) is 39.2 Å². The lowest BCUT2D eigenvalue weighted by Crippen LogP contribution is -2.04. The largest absolute Gasteiger partial charge is 0.461 e. The van der Waals surface area contributed by atoms with Crippen LogP contribution in [0.1, 0.15) is 76.7 Å². The van der Waals surface area contributed by atoms with Crippen LogP contribution in [0, 0.1) is 0 Å². The Balaban J connectivity index is 1.92. The van der Waals surface area contributed by atoms with E-state index in [1.807, 2.05) is 12.1 Å². The summed E-state index contributed by atoms with van der Waals surface area (Å²) in [5.74, 6) is -0.131. The quantitative estimate of drug-likeness (QED) is 0.196. The second kappa shape index (κ2) is 17.3. The Kier molecular flexibility index (Phi) is 14.6. The second-order valence-corrected chi connectivity index (χ2v) is 6.65. The molecule has 1 aromatic heterocycles. The maximum Gasteiger partial charge on any atom is 0.306 e. The van der Waals surface area contributed by atoms with Crippen molar-refractivity contribution in [3.8, 4) is 0 Å². The average Bonchev–Trinajstić information content (AvgIpc) is 2.70. The van der Waals surface area contributed by atoms with Crippen LogP contribution in [0.15, 0.2) is 61.0 Å². The molecule has 0 bridgehead atoms. The lowest BCUT2D eigenvalue weighted by Gasteiger charge is -2.04. The molecule has 0 spiro atoms. The van der Waals surface area contributed by atoms with E-state index in [0.717, 1.165) is 37.7 Å². The number of carbonyl (C=O) groups excluding carboxylic acids is 1. The Morgan fingerprint density at radius 2 is 1.63 bits per heavy atom. The molecule has 0 fully saturated rings. The zero-order chi connectivity index (χ0) is 19.4. The molecule has 0 aliphatic carbocycles. The first-order chi connectivity index (χ1) is 13.3. The summed E-state index contributed by atoms with van der Waals surface area (Å²) in [6.07, 6.45) is 27.3. The zero-order valence-corrected chi connectivity index (χ0v) is 16.8. The van der Waals surface area contributed by atoms with Crippen molar-refractivity contribution in [3.05, 3.63) is 66.5 Å². The molecule has 3 nitrogen and oxygen atoms in total. The standard InChI is InChI=1S/C24H35NO2/c1-2-3-4-5-6-7-8-9-10-11-12-13-14-15-16-19-24(26)27-22-23-18-17-20-25-21-23/h6-7,9-10,12-13,17-18,20-21H,2-5,8,11,14-16,19,22H2,1H3/b7-6-,10-9-,13-12-. The molecule has 0 aliphatic heterocycles. The summed E-state index contributed by atoms with van der Waals surface area (Å²) in [6, 6.07) is 3.75. The van der Waals surface area contributed by atoms with Crippen molar-refractivity contribution in [2.45, 2.75) is 77.7 Å². The Morgan fingerprint density at radius 1 is 0.963 bits per heavy atom. The molecule has 0 aliphatic rings. The third kappa shape index (κ3) is 14.7. The molecule has 0 unspecified atom stereocenters.